The second-order valence-electron chi connectivity index (χ2n) is 8.61. The minimum atomic E-state index is -1.08. The number of hydrogen-bond donors (Lipinski definition) is 5. The van der Waals surface area contributed by atoms with Crippen molar-refractivity contribution in [2.45, 2.75) is 25.4 Å². The monoisotopic (exact) mass is 485 g/mol. The van der Waals surface area contributed by atoms with Crippen molar-refractivity contribution in [2.75, 3.05) is 17.2 Å². The van der Waals surface area contributed by atoms with Gasteiger partial charge in [-0.1, -0.05) is 48.5 Å². The summed E-state index contributed by atoms with van der Waals surface area (Å²) in [5.74, 6) is -1.78. The van der Waals surface area contributed by atoms with Gasteiger partial charge >= 0.3 is 5.97 Å². The highest BCUT2D eigenvalue weighted by Gasteiger charge is 2.31. The number of rotatable bonds is 8. The molecular weight excluding hydrogens is 458 g/mol. The Bertz CT molecular complexity index is 1290. The fraction of sp³-hybridized carbons (Fsp3) is 0.185. The standard InChI is InChI=1S/C27H27N5O4/c28-25(29)18-6-8-19(9-7-18)26(35)30-21-11-10-20-16-32(13-12-17-4-2-1-3-5-17)27(36)23(15-24(33)34)31-22(20)14-21/h1-11,14,23,31H,12-13,15-16H2,(H3,28,29)(H,30,35)(H,33,34). The Labute approximate surface area is 208 Å². The summed E-state index contributed by atoms with van der Waals surface area (Å²) in [6.07, 6.45) is 0.289. The summed E-state index contributed by atoms with van der Waals surface area (Å²) in [5, 5.41) is 22.7. The summed E-state index contributed by atoms with van der Waals surface area (Å²) in [4.78, 5) is 39.1. The van der Waals surface area contributed by atoms with Gasteiger partial charge in [0.1, 0.15) is 11.9 Å². The number of hydrogen-bond acceptors (Lipinski definition) is 5. The molecule has 1 unspecified atom stereocenters. The normalized spacial score (nSPS) is 14.8. The Morgan fingerprint density at radius 1 is 1.06 bits per heavy atom. The summed E-state index contributed by atoms with van der Waals surface area (Å²) >= 11 is 0. The van der Waals surface area contributed by atoms with Crippen LogP contribution in [0.15, 0.2) is 72.8 Å². The van der Waals surface area contributed by atoms with Crippen LogP contribution in [-0.4, -0.2) is 46.2 Å². The van der Waals surface area contributed by atoms with Crippen LogP contribution in [0.3, 0.4) is 0 Å². The molecule has 1 atom stereocenters. The molecule has 0 saturated heterocycles. The topological polar surface area (TPSA) is 149 Å². The number of amidine groups is 1. The van der Waals surface area contributed by atoms with Crippen molar-refractivity contribution < 1.29 is 19.5 Å². The van der Waals surface area contributed by atoms with Gasteiger partial charge in [0, 0.05) is 35.6 Å². The first-order valence-corrected chi connectivity index (χ1v) is 11.5. The highest BCUT2D eigenvalue weighted by Crippen LogP contribution is 2.28. The second kappa shape index (κ2) is 10.7. The number of carbonyl (C=O) groups excluding carboxylic acids is 2. The maximum absolute atomic E-state index is 13.2. The zero-order valence-corrected chi connectivity index (χ0v) is 19.5. The number of benzene rings is 3. The number of carbonyl (C=O) groups is 3. The fourth-order valence-electron chi connectivity index (χ4n) is 4.10. The maximum atomic E-state index is 13.2. The highest BCUT2D eigenvalue weighted by molar-refractivity contribution is 6.05. The van der Waals surface area contributed by atoms with Crippen LogP contribution in [0, 0.1) is 5.41 Å². The van der Waals surface area contributed by atoms with Gasteiger partial charge in [0.2, 0.25) is 5.91 Å². The van der Waals surface area contributed by atoms with Crippen molar-refractivity contribution in [3.63, 3.8) is 0 Å². The zero-order valence-electron chi connectivity index (χ0n) is 19.5. The maximum Gasteiger partial charge on any atom is 0.305 e. The Morgan fingerprint density at radius 2 is 1.75 bits per heavy atom. The number of nitrogen functional groups attached to an aromatic ring is 1. The van der Waals surface area contributed by atoms with E-state index in [1.165, 1.54) is 0 Å². The van der Waals surface area contributed by atoms with Gasteiger partial charge in [0.15, 0.2) is 0 Å². The lowest BCUT2D eigenvalue weighted by molar-refractivity contribution is -0.141. The van der Waals surface area contributed by atoms with E-state index in [-0.39, 0.29) is 24.1 Å². The van der Waals surface area contributed by atoms with E-state index in [0.717, 1.165) is 11.1 Å². The molecule has 6 N–H and O–H groups in total. The number of nitrogens with zero attached hydrogens (tertiary/aromatic N) is 1. The molecule has 9 nitrogen and oxygen atoms in total. The molecule has 1 aliphatic heterocycles. The fourth-order valence-corrected chi connectivity index (χ4v) is 4.10. The molecule has 0 radical (unpaired) electrons. The Morgan fingerprint density at radius 3 is 2.42 bits per heavy atom. The van der Waals surface area contributed by atoms with Crippen molar-refractivity contribution in [1.29, 1.82) is 5.41 Å². The van der Waals surface area contributed by atoms with E-state index in [1.807, 2.05) is 36.4 Å². The van der Waals surface area contributed by atoms with Crippen LogP contribution >= 0.6 is 0 Å². The quantitative estimate of drug-likeness (QED) is 0.245. The third kappa shape index (κ3) is 5.87. The number of aliphatic carboxylic acids is 1. The molecule has 0 spiro atoms. The summed E-state index contributed by atoms with van der Waals surface area (Å²) in [5.41, 5.74) is 9.40. The van der Waals surface area contributed by atoms with Crippen LogP contribution in [0.1, 0.15) is 33.5 Å². The van der Waals surface area contributed by atoms with Gasteiger partial charge in [-0.15, -0.1) is 0 Å². The van der Waals surface area contributed by atoms with Crippen LogP contribution in [0.2, 0.25) is 0 Å². The van der Waals surface area contributed by atoms with Crippen molar-refractivity contribution in [1.82, 2.24) is 4.90 Å². The molecule has 0 fully saturated rings. The number of fused-ring (bicyclic) bond motifs is 1. The predicted molar refractivity (Wildman–Crippen MR) is 137 cm³/mol. The molecule has 0 saturated carbocycles. The van der Waals surface area contributed by atoms with Gasteiger partial charge in [0.25, 0.3) is 5.91 Å². The lowest BCUT2D eigenvalue weighted by atomic mass is 10.1. The lowest BCUT2D eigenvalue weighted by Gasteiger charge is -2.24. The summed E-state index contributed by atoms with van der Waals surface area (Å²) in [6.45, 7) is 0.777. The number of anilines is 2. The number of carboxylic acid groups (broad SMARTS) is 1. The SMILES string of the molecule is N=C(N)c1ccc(C(=O)Nc2ccc3c(c2)NC(CC(=O)O)C(=O)N(CCc2ccccc2)C3)cc1. The van der Waals surface area contributed by atoms with Crippen molar-refractivity contribution in [2.24, 2.45) is 5.73 Å². The molecule has 3 aromatic rings. The molecule has 0 aromatic heterocycles. The van der Waals surface area contributed by atoms with E-state index in [0.29, 0.717) is 42.0 Å². The van der Waals surface area contributed by atoms with Crippen molar-refractivity contribution in [3.8, 4) is 0 Å². The van der Waals surface area contributed by atoms with E-state index in [4.69, 9.17) is 11.1 Å². The summed E-state index contributed by atoms with van der Waals surface area (Å²) in [7, 11) is 0. The summed E-state index contributed by atoms with van der Waals surface area (Å²) in [6, 6.07) is 20.5. The third-order valence-corrected chi connectivity index (χ3v) is 6.02. The zero-order chi connectivity index (χ0) is 25.7. The van der Waals surface area contributed by atoms with Crippen molar-refractivity contribution >= 4 is 35.0 Å². The van der Waals surface area contributed by atoms with Gasteiger partial charge < -0.3 is 26.4 Å². The Balaban J connectivity index is 1.53. The molecule has 9 heteroatoms. The molecule has 1 heterocycles. The van der Waals surface area contributed by atoms with E-state index < -0.39 is 12.0 Å². The minimum absolute atomic E-state index is 0.0814. The van der Waals surface area contributed by atoms with E-state index >= 15 is 0 Å². The molecule has 3 aromatic carbocycles. The molecular formula is C27H27N5O4. The third-order valence-electron chi connectivity index (χ3n) is 6.02. The average molecular weight is 486 g/mol. The first-order valence-electron chi connectivity index (χ1n) is 11.5. The van der Waals surface area contributed by atoms with Crippen LogP contribution in [0.25, 0.3) is 0 Å². The first kappa shape index (κ1) is 24.5. The minimum Gasteiger partial charge on any atom is -0.481 e. The summed E-state index contributed by atoms with van der Waals surface area (Å²) < 4.78 is 0. The number of carboxylic acids is 1. The van der Waals surface area contributed by atoms with Gasteiger partial charge in [-0.05, 0) is 41.8 Å². The molecule has 36 heavy (non-hydrogen) atoms. The van der Waals surface area contributed by atoms with E-state index in [1.54, 1.807) is 41.3 Å². The Kier molecular flexibility index (Phi) is 7.29. The predicted octanol–water partition coefficient (Wildman–Crippen LogP) is 3.06. The largest absolute Gasteiger partial charge is 0.481 e. The number of amides is 2. The molecule has 2 amide bonds. The molecule has 1 aliphatic rings. The van der Waals surface area contributed by atoms with Crippen LogP contribution in [-0.2, 0) is 22.6 Å². The van der Waals surface area contributed by atoms with Gasteiger partial charge in [-0.25, -0.2) is 0 Å². The second-order valence-corrected chi connectivity index (χ2v) is 8.61. The van der Waals surface area contributed by atoms with Crippen LogP contribution in [0.4, 0.5) is 11.4 Å². The number of nitrogens with two attached hydrogens (primary N) is 1. The first-order chi connectivity index (χ1) is 17.3. The van der Waals surface area contributed by atoms with Gasteiger partial charge in [-0.3, -0.25) is 19.8 Å². The smallest absolute Gasteiger partial charge is 0.305 e. The van der Waals surface area contributed by atoms with Crippen LogP contribution in [0.5, 0.6) is 0 Å². The van der Waals surface area contributed by atoms with Crippen molar-refractivity contribution in [3.05, 3.63) is 95.1 Å². The Hall–Kier alpha value is -4.66. The molecule has 0 aliphatic carbocycles. The average Bonchev–Trinajstić information content (AvgIpc) is 2.99. The van der Waals surface area contributed by atoms with Crippen LogP contribution < -0.4 is 16.4 Å². The molecule has 0 bridgehead atoms. The van der Waals surface area contributed by atoms with Gasteiger partial charge in [-0.2, -0.15) is 0 Å². The van der Waals surface area contributed by atoms with E-state index in [2.05, 4.69) is 10.6 Å². The highest BCUT2D eigenvalue weighted by atomic mass is 16.4. The molecule has 4 rings (SSSR count). The molecule has 184 valence electrons. The van der Waals surface area contributed by atoms with Gasteiger partial charge in [0.05, 0.1) is 6.42 Å². The lowest BCUT2D eigenvalue weighted by Crippen LogP contribution is -2.42. The van der Waals surface area contributed by atoms with E-state index in [9.17, 15) is 19.5 Å². The number of nitrogens with one attached hydrogen (secondary N) is 3.